The lowest BCUT2D eigenvalue weighted by Gasteiger charge is -2.32. The van der Waals surface area contributed by atoms with Crippen LogP contribution in [0.25, 0.3) is 0 Å². The molecule has 0 spiro atoms. The predicted molar refractivity (Wildman–Crippen MR) is 168 cm³/mol. The molecule has 4 aromatic rings. The molecule has 2 atom stereocenters. The fourth-order valence-corrected chi connectivity index (χ4v) is 5.24. The van der Waals surface area contributed by atoms with E-state index in [1.54, 1.807) is 0 Å². The van der Waals surface area contributed by atoms with Gasteiger partial charge in [-0.2, -0.15) is 0 Å². The molecular formula is C36H39N3O4. The summed E-state index contributed by atoms with van der Waals surface area (Å²) in [6.07, 6.45) is -0.00508. The molecule has 0 aliphatic carbocycles. The molecule has 3 amide bonds. The zero-order valence-electron chi connectivity index (χ0n) is 24.7. The highest BCUT2D eigenvalue weighted by atomic mass is 16.6. The van der Waals surface area contributed by atoms with Crippen molar-refractivity contribution in [3.8, 4) is 0 Å². The Labute approximate surface area is 253 Å². The number of hydrogen-bond acceptors (Lipinski definition) is 5. The SMILES string of the molecule is C[C@H](c1ccccc1)N(C)[C@H](CCCN(C(=O)OCc1ccccc1)C(=O)C(c1ccccc1)c1ccccc1)C(N)=O. The number of ether oxygens (including phenoxy) is 1. The van der Waals surface area contributed by atoms with Crippen LogP contribution in [-0.4, -0.2) is 47.3 Å². The van der Waals surface area contributed by atoms with Gasteiger partial charge in [-0.1, -0.05) is 121 Å². The Morgan fingerprint density at radius 1 is 0.721 bits per heavy atom. The minimum atomic E-state index is -0.729. The molecular weight excluding hydrogens is 538 g/mol. The van der Waals surface area contributed by atoms with E-state index in [-0.39, 0.29) is 19.2 Å². The molecule has 0 bridgehead atoms. The monoisotopic (exact) mass is 577 g/mol. The maximum absolute atomic E-state index is 14.3. The first kappa shape index (κ1) is 31.2. The normalized spacial score (nSPS) is 12.5. The van der Waals surface area contributed by atoms with Crippen molar-refractivity contribution in [2.24, 2.45) is 5.73 Å². The molecule has 0 aliphatic heterocycles. The van der Waals surface area contributed by atoms with Gasteiger partial charge in [-0.25, -0.2) is 9.69 Å². The Hall–Kier alpha value is -4.75. The molecule has 0 fully saturated rings. The third-order valence-electron chi connectivity index (χ3n) is 7.78. The first-order valence-corrected chi connectivity index (χ1v) is 14.5. The van der Waals surface area contributed by atoms with E-state index in [2.05, 4.69) is 0 Å². The Morgan fingerprint density at radius 2 is 1.19 bits per heavy atom. The number of nitrogens with zero attached hydrogens (tertiary/aromatic N) is 2. The number of imide groups is 1. The molecule has 43 heavy (non-hydrogen) atoms. The van der Waals surface area contributed by atoms with Crippen LogP contribution in [0, 0.1) is 0 Å². The van der Waals surface area contributed by atoms with Crippen LogP contribution >= 0.6 is 0 Å². The maximum Gasteiger partial charge on any atom is 0.416 e. The van der Waals surface area contributed by atoms with Crippen molar-refractivity contribution in [1.29, 1.82) is 0 Å². The highest BCUT2D eigenvalue weighted by Gasteiger charge is 2.33. The van der Waals surface area contributed by atoms with E-state index in [1.807, 2.05) is 140 Å². The van der Waals surface area contributed by atoms with E-state index >= 15 is 0 Å². The summed E-state index contributed by atoms with van der Waals surface area (Å²) < 4.78 is 5.65. The number of carbonyl (C=O) groups excluding carboxylic acids is 3. The molecule has 0 saturated heterocycles. The van der Waals surface area contributed by atoms with Crippen LogP contribution in [0.2, 0.25) is 0 Å². The molecule has 0 heterocycles. The highest BCUT2D eigenvalue weighted by molar-refractivity contribution is 5.97. The number of amides is 3. The summed E-state index contributed by atoms with van der Waals surface area (Å²) >= 11 is 0. The van der Waals surface area contributed by atoms with Crippen molar-refractivity contribution in [1.82, 2.24) is 9.80 Å². The third-order valence-corrected chi connectivity index (χ3v) is 7.78. The van der Waals surface area contributed by atoms with Crippen molar-refractivity contribution in [3.05, 3.63) is 144 Å². The van der Waals surface area contributed by atoms with Gasteiger partial charge in [0.05, 0.1) is 12.0 Å². The molecule has 0 aliphatic rings. The van der Waals surface area contributed by atoms with Crippen LogP contribution in [0.1, 0.15) is 54.0 Å². The zero-order chi connectivity index (χ0) is 30.6. The van der Waals surface area contributed by atoms with Gasteiger partial charge < -0.3 is 10.5 Å². The van der Waals surface area contributed by atoms with Crippen LogP contribution in [-0.2, 0) is 20.9 Å². The number of carbonyl (C=O) groups is 3. The van der Waals surface area contributed by atoms with E-state index in [9.17, 15) is 14.4 Å². The van der Waals surface area contributed by atoms with Gasteiger partial charge in [-0.05, 0) is 49.1 Å². The molecule has 222 valence electrons. The highest BCUT2D eigenvalue weighted by Crippen LogP contribution is 2.28. The lowest BCUT2D eigenvalue weighted by molar-refractivity contribution is -0.130. The molecule has 0 aromatic heterocycles. The van der Waals surface area contributed by atoms with Gasteiger partial charge in [-0.3, -0.25) is 14.5 Å². The number of likely N-dealkylation sites (N-methyl/N-ethyl adjacent to an activating group) is 1. The summed E-state index contributed by atoms with van der Waals surface area (Å²) in [5.41, 5.74) is 9.27. The van der Waals surface area contributed by atoms with Gasteiger partial charge in [0.25, 0.3) is 0 Å². The number of rotatable bonds is 13. The molecule has 4 aromatic carbocycles. The van der Waals surface area contributed by atoms with Crippen LogP contribution in [0.4, 0.5) is 4.79 Å². The minimum absolute atomic E-state index is 0.0338. The van der Waals surface area contributed by atoms with Gasteiger partial charge >= 0.3 is 6.09 Å². The van der Waals surface area contributed by atoms with E-state index in [0.717, 1.165) is 22.3 Å². The zero-order valence-corrected chi connectivity index (χ0v) is 24.7. The van der Waals surface area contributed by atoms with E-state index in [1.165, 1.54) is 4.90 Å². The lowest BCUT2D eigenvalue weighted by Crippen LogP contribution is -2.45. The molecule has 0 saturated carbocycles. The molecule has 7 heteroatoms. The van der Waals surface area contributed by atoms with Crippen molar-refractivity contribution < 1.29 is 19.1 Å². The Kier molecular flexibility index (Phi) is 11.2. The van der Waals surface area contributed by atoms with Gasteiger partial charge in [0.15, 0.2) is 0 Å². The first-order chi connectivity index (χ1) is 20.9. The van der Waals surface area contributed by atoms with Crippen molar-refractivity contribution >= 4 is 17.9 Å². The van der Waals surface area contributed by atoms with Gasteiger partial charge in [0.1, 0.15) is 6.61 Å². The first-order valence-electron chi connectivity index (χ1n) is 14.5. The second-order valence-electron chi connectivity index (χ2n) is 10.6. The summed E-state index contributed by atoms with van der Waals surface area (Å²) in [7, 11) is 1.87. The average Bonchev–Trinajstić information content (AvgIpc) is 3.05. The summed E-state index contributed by atoms with van der Waals surface area (Å²) in [6.45, 7) is 2.12. The van der Waals surface area contributed by atoms with Crippen LogP contribution in [0.5, 0.6) is 0 Å². The molecule has 0 unspecified atom stereocenters. The molecule has 7 nitrogen and oxygen atoms in total. The van der Waals surface area contributed by atoms with Crippen molar-refractivity contribution in [2.75, 3.05) is 13.6 Å². The summed E-state index contributed by atoms with van der Waals surface area (Å²) in [4.78, 5) is 43.5. The lowest BCUT2D eigenvalue weighted by atomic mass is 9.90. The van der Waals surface area contributed by atoms with Crippen LogP contribution < -0.4 is 5.73 Å². The maximum atomic E-state index is 14.3. The Bertz CT molecular complexity index is 1410. The summed E-state index contributed by atoms with van der Waals surface area (Å²) in [6, 6.07) is 37.4. The Morgan fingerprint density at radius 3 is 1.67 bits per heavy atom. The van der Waals surface area contributed by atoms with Crippen LogP contribution in [0.3, 0.4) is 0 Å². The third kappa shape index (κ3) is 8.40. The van der Waals surface area contributed by atoms with Gasteiger partial charge in [-0.15, -0.1) is 0 Å². The number of benzene rings is 4. The Balaban J connectivity index is 1.56. The number of nitrogens with two attached hydrogens (primary N) is 1. The number of primary amides is 1. The van der Waals surface area contributed by atoms with Crippen molar-refractivity contribution in [3.63, 3.8) is 0 Å². The predicted octanol–water partition coefficient (Wildman–Crippen LogP) is 6.31. The van der Waals surface area contributed by atoms with E-state index in [0.29, 0.717) is 12.8 Å². The molecule has 0 radical (unpaired) electrons. The molecule has 2 N–H and O–H groups in total. The standard InChI is InChI=1S/C36H39N3O4/c1-27(29-18-9-4-10-19-29)38(2)32(34(37)40)24-15-25-39(36(42)43-26-28-16-7-3-8-17-28)35(41)33(30-20-11-5-12-21-30)31-22-13-6-14-23-31/h3-14,16-23,27,32-33H,15,24-26H2,1-2H3,(H2,37,40)/t27-,32-/m1/s1. The summed E-state index contributed by atoms with van der Waals surface area (Å²) in [5.74, 6) is -1.56. The molecule has 4 rings (SSSR count). The van der Waals surface area contributed by atoms with Crippen LogP contribution in [0.15, 0.2) is 121 Å². The quantitative estimate of drug-likeness (QED) is 0.201. The van der Waals surface area contributed by atoms with E-state index < -0.39 is 29.9 Å². The van der Waals surface area contributed by atoms with Crippen molar-refractivity contribution in [2.45, 2.75) is 44.4 Å². The largest absolute Gasteiger partial charge is 0.444 e. The minimum Gasteiger partial charge on any atom is -0.444 e. The van der Waals surface area contributed by atoms with Gasteiger partial charge in [0, 0.05) is 12.6 Å². The second kappa shape index (κ2) is 15.5. The summed E-state index contributed by atoms with van der Waals surface area (Å²) in [5, 5.41) is 0. The average molecular weight is 578 g/mol. The van der Waals surface area contributed by atoms with E-state index in [4.69, 9.17) is 10.5 Å². The number of hydrogen-bond donors (Lipinski definition) is 1. The fourth-order valence-electron chi connectivity index (χ4n) is 5.24. The topological polar surface area (TPSA) is 92.9 Å². The fraction of sp³-hybridized carbons (Fsp3) is 0.250. The smallest absolute Gasteiger partial charge is 0.416 e. The van der Waals surface area contributed by atoms with Gasteiger partial charge in [0.2, 0.25) is 11.8 Å². The second-order valence-corrected chi connectivity index (χ2v) is 10.6.